The molecule has 1 N–H and O–H groups in total. The molecule has 2 aromatic heterocycles. The van der Waals surface area contributed by atoms with Crippen molar-refractivity contribution in [2.75, 3.05) is 11.9 Å². The van der Waals surface area contributed by atoms with Gasteiger partial charge in [0, 0.05) is 13.1 Å². The highest BCUT2D eigenvalue weighted by Crippen LogP contribution is 2.24. The first-order valence-electron chi connectivity index (χ1n) is 8.05. The topological polar surface area (TPSA) is 62.6 Å². The maximum atomic E-state index is 13.3. The summed E-state index contributed by atoms with van der Waals surface area (Å²) in [5.41, 5.74) is 0.725. The van der Waals surface area contributed by atoms with E-state index >= 15 is 0 Å². The molecule has 1 aromatic carbocycles. The van der Waals surface area contributed by atoms with Crippen molar-refractivity contribution in [2.24, 2.45) is 0 Å². The molecule has 26 heavy (non-hydrogen) atoms. The van der Waals surface area contributed by atoms with Gasteiger partial charge >= 0.3 is 0 Å². The summed E-state index contributed by atoms with van der Waals surface area (Å²) in [6.45, 7) is 2.67. The van der Waals surface area contributed by atoms with Crippen LogP contribution in [0.25, 0.3) is 0 Å². The Kier molecular flexibility index (Phi) is 5.48. The molecule has 0 aliphatic rings. The maximum Gasteiger partial charge on any atom is 0.291 e. The summed E-state index contributed by atoms with van der Waals surface area (Å²) >= 11 is 1.19. The van der Waals surface area contributed by atoms with Gasteiger partial charge in [0.25, 0.3) is 11.8 Å². The van der Waals surface area contributed by atoms with Gasteiger partial charge in [0.1, 0.15) is 5.82 Å². The quantitative estimate of drug-likeness (QED) is 0.698. The number of amides is 2. The van der Waals surface area contributed by atoms with Crippen LogP contribution in [0.3, 0.4) is 0 Å². The van der Waals surface area contributed by atoms with Crippen LogP contribution in [0.1, 0.15) is 32.7 Å². The van der Waals surface area contributed by atoms with Gasteiger partial charge in [0.05, 0.1) is 16.1 Å². The molecule has 0 bridgehead atoms. The first-order chi connectivity index (χ1) is 12.6. The van der Waals surface area contributed by atoms with Gasteiger partial charge in [0.2, 0.25) is 0 Å². The van der Waals surface area contributed by atoms with Gasteiger partial charge < -0.3 is 14.6 Å². The van der Waals surface area contributed by atoms with E-state index in [1.165, 1.54) is 29.7 Å². The van der Waals surface area contributed by atoms with Crippen LogP contribution in [0, 0.1) is 5.82 Å². The van der Waals surface area contributed by atoms with Crippen LogP contribution in [0.5, 0.6) is 0 Å². The number of thiophene rings is 1. The van der Waals surface area contributed by atoms with Gasteiger partial charge in [-0.15, -0.1) is 11.3 Å². The minimum absolute atomic E-state index is 0.166. The number of anilines is 1. The van der Waals surface area contributed by atoms with Crippen molar-refractivity contribution in [3.8, 4) is 0 Å². The molecule has 0 saturated heterocycles. The van der Waals surface area contributed by atoms with Gasteiger partial charge in [-0.3, -0.25) is 9.59 Å². The predicted octanol–water partition coefficient (Wildman–Crippen LogP) is 4.39. The lowest BCUT2D eigenvalue weighted by atomic mass is 10.2. The van der Waals surface area contributed by atoms with E-state index in [0.29, 0.717) is 23.0 Å². The molecule has 0 radical (unpaired) electrons. The third kappa shape index (κ3) is 4.18. The van der Waals surface area contributed by atoms with Crippen LogP contribution >= 0.6 is 11.3 Å². The number of carbonyl (C=O) groups is 2. The van der Waals surface area contributed by atoms with E-state index in [-0.39, 0.29) is 23.4 Å². The molecule has 0 aliphatic carbocycles. The molecule has 0 spiro atoms. The predicted molar refractivity (Wildman–Crippen MR) is 97.8 cm³/mol. The molecule has 2 heterocycles. The van der Waals surface area contributed by atoms with Gasteiger partial charge in [-0.2, -0.15) is 0 Å². The third-order valence-electron chi connectivity index (χ3n) is 3.73. The van der Waals surface area contributed by atoms with Crippen LogP contribution < -0.4 is 5.32 Å². The van der Waals surface area contributed by atoms with E-state index in [1.807, 2.05) is 6.92 Å². The van der Waals surface area contributed by atoms with Crippen LogP contribution in [-0.4, -0.2) is 23.3 Å². The van der Waals surface area contributed by atoms with Crippen LogP contribution in [0.4, 0.5) is 9.39 Å². The van der Waals surface area contributed by atoms with Gasteiger partial charge in [-0.1, -0.05) is 12.1 Å². The first-order valence-corrected chi connectivity index (χ1v) is 8.87. The van der Waals surface area contributed by atoms with Gasteiger partial charge in [0.15, 0.2) is 5.76 Å². The highest BCUT2D eigenvalue weighted by atomic mass is 32.1. The van der Waals surface area contributed by atoms with Crippen LogP contribution in [0.15, 0.2) is 59.2 Å². The molecular weight excluding hydrogens is 355 g/mol. The third-order valence-corrected chi connectivity index (χ3v) is 4.72. The van der Waals surface area contributed by atoms with Gasteiger partial charge in [-0.25, -0.2) is 4.39 Å². The number of furan rings is 1. The van der Waals surface area contributed by atoms with E-state index in [0.717, 1.165) is 5.56 Å². The Morgan fingerprint density at radius 3 is 2.73 bits per heavy atom. The summed E-state index contributed by atoms with van der Waals surface area (Å²) in [7, 11) is 0. The number of benzene rings is 1. The average molecular weight is 372 g/mol. The van der Waals surface area contributed by atoms with Crippen molar-refractivity contribution in [1.82, 2.24) is 4.90 Å². The second-order valence-corrected chi connectivity index (χ2v) is 6.63. The lowest BCUT2D eigenvalue weighted by Crippen LogP contribution is -2.29. The molecule has 0 aliphatic heterocycles. The fourth-order valence-electron chi connectivity index (χ4n) is 2.44. The Labute approximate surface area is 154 Å². The largest absolute Gasteiger partial charge is 0.459 e. The molecule has 0 atom stereocenters. The fourth-order valence-corrected chi connectivity index (χ4v) is 3.31. The standard InChI is InChI=1S/C19H17FN2O3S/c1-2-22(12-13-5-3-6-14(20)11-13)19(24)16-8-9-17(26-16)21-18(23)15-7-4-10-25-15/h3-11H,2,12H2,1H3,(H,21,23). The van der Waals surface area contributed by atoms with Crippen molar-refractivity contribution < 1.29 is 18.4 Å². The van der Waals surface area contributed by atoms with Crippen molar-refractivity contribution in [2.45, 2.75) is 13.5 Å². The summed E-state index contributed by atoms with van der Waals surface area (Å²) in [6.07, 6.45) is 1.42. The molecule has 5 nitrogen and oxygen atoms in total. The number of halogens is 1. The number of carbonyl (C=O) groups excluding carboxylic acids is 2. The molecule has 134 valence electrons. The molecule has 3 rings (SSSR count). The minimum Gasteiger partial charge on any atom is -0.459 e. The summed E-state index contributed by atoms with van der Waals surface area (Å²) in [5, 5.41) is 3.25. The van der Waals surface area contributed by atoms with Gasteiger partial charge in [-0.05, 0) is 48.9 Å². The number of nitrogens with zero attached hydrogens (tertiary/aromatic N) is 1. The van der Waals surface area contributed by atoms with E-state index in [2.05, 4.69) is 5.32 Å². The summed E-state index contributed by atoms with van der Waals surface area (Å²) in [4.78, 5) is 26.8. The molecule has 0 saturated carbocycles. The van der Waals surface area contributed by atoms with Crippen molar-refractivity contribution in [3.05, 3.63) is 76.8 Å². The zero-order valence-electron chi connectivity index (χ0n) is 14.1. The van der Waals surface area contributed by atoms with Crippen molar-refractivity contribution in [3.63, 3.8) is 0 Å². The van der Waals surface area contributed by atoms with Crippen molar-refractivity contribution >= 4 is 28.2 Å². The summed E-state index contributed by atoms with van der Waals surface area (Å²) < 4.78 is 18.4. The first kappa shape index (κ1) is 17.9. The second kappa shape index (κ2) is 7.97. The average Bonchev–Trinajstić information content (AvgIpc) is 3.31. The number of hydrogen-bond donors (Lipinski definition) is 1. The highest BCUT2D eigenvalue weighted by molar-refractivity contribution is 7.18. The van der Waals surface area contributed by atoms with E-state index < -0.39 is 0 Å². The Hall–Kier alpha value is -2.93. The molecule has 7 heteroatoms. The highest BCUT2D eigenvalue weighted by Gasteiger charge is 2.18. The Balaban J connectivity index is 1.68. The van der Waals surface area contributed by atoms with E-state index in [9.17, 15) is 14.0 Å². The summed E-state index contributed by atoms with van der Waals surface area (Å²) in [6, 6.07) is 12.7. The molecule has 0 fully saturated rings. The number of nitrogens with one attached hydrogen (secondary N) is 1. The van der Waals surface area contributed by atoms with Crippen LogP contribution in [-0.2, 0) is 6.54 Å². The second-order valence-electron chi connectivity index (χ2n) is 5.54. The Bertz CT molecular complexity index is 905. The minimum atomic E-state index is -0.372. The summed E-state index contributed by atoms with van der Waals surface area (Å²) in [5.74, 6) is -0.666. The van der Waals surface area contributed by atoms with E-state index in [4.69, 9.17) is 4.42 Å². The Morgan fingerprint density at radius 1 is 1.19 bits per heavy atom. The monoisotopic (exact) mass is 372 g/mol. The number of rotatable bonds is 6. The fraction of sp³-hybridized carbons (Fsp3) is 0.158. The molecule has 3 aromatic rings. The molecule has 2 amide bonds. The SMILES string of the molecule is CCN(Cc1cccc(F)c1)C(=O)c1ccc(NC(=O)c2ccco2)s1. The molecular formula is C19H17FN2O3S. The lowest BCUT2D eigenvalue weighted by molar-refractivity contribution is 0.0757. The zero-order chi connectivity index (χ0) is 18.5. The Morgan fingerprint density at radius 2 is 2.04 bits per heavy atom. The molecule has 0 unspecified atom stereocenters. The maximum absolute atomic E-state index is 13.3. The van der Waals surface area contributed by atoms with E-state index in [1.54, 1.807) is 41.3 Å². The van der Waals surface area contributed by atoms with Crippen molar-refractivity contribution in [1.29, 1.82) is 0 Å². The smallest absolute Gasteiger partial charge is 0.291 e. The lowest BCUT2D eigenvalue weighted by Gasteiger charge is -2.20. The normalized spacial score (nSPS) is 10.5. The number of hydrogen-bond acceptors (Lipinski definition) is 4. The van der Waals surface area contributed by atoms with Crippen LogP contribution in [0.2, 0.25) is 0 Å². The zero-order valence-corrected chi connectivity index (χ0v) is 14.9.